The Labute approximate surface area is 130 Å². The number of benzene rings is 1. The molecule has 5 nitrogen and oxygen atoms in total. The van der Waals surface area contributed by atoms with Crippen LogP contribution in [0.1, 0.15) is 29.8 Å². The number of H-pyrrole nitrogens is 1. The molecule has 0 aliphatic carbocycles. The molecule has 1 fully saturated rings. The Morgan fingerprint density at radius 2 is 2.14 bits per heavy atom. The van der Waals surface area contributed by atoms with E-state index in [0.717, 1.165) is 12.8 Å². The molecule has 3 rings (SSSR count). The number of hydrogen-bond acceptors (Lipinski definition) is 2. The topological polar surface area (TPSA) is 73.4 Å². The smallest absolute Gasteiger partial charge is 0.326 e. The Kier molecular flexibility index (Phi) is 3.78. The van der Waals surface area contributed by atoms with Crippen molar-refractivity contribution in [2.24, 2.45) is 0 Å². The van der Waals surface area contributed by atoms with Crippen molar-refractivity contribution in [3.63, 3.8) is 0 Å². The van der Waals surface area contributed by atoms with Gasteiger partial charge in [0.05, 0.1) is 5.02 Å². The Hall–Kier alpha value is -2.08. The largest absolute Gasteiger partial charge is 0.480 e. The molecule has 7 heteroatoms. The Balaban J connectivity index is 2.01. The normalized spacial score (nSPS) is 18.6. The highest BCUT2D eigenvalue weighted by molar-refractivity contribution is 6.38. The van der Waals surface area contributed by atoms with Crippen molar-refractivity contribution in [2.75, 3.05) is 6.54 Å². The number of nitrogens with one attached hydrogen (secondary N) is 1. The fourth-order valence-corrected chi connectivity index (χ4v) is 3.14. The highest BCUT2D eigenvalue weighted by atomic mass is 35.5. The van der Waals surface area contributed by atoms with Gasteiger partial charge >= 0.3 is 5.97 Å². The molecule has 0 bridgehead atoms. The molecule has 2 aromatic rings. The van der Waals surface area contributed by atoms with Gasteiger partial charge in [0.25, 0.3) is 5.91 Å². The van der Waals surface area contributed by atoms with Gasteiger partial charge in [-0.25, -0.2) is 9.18 Å². The van der Waals surface area contributed by atoms with E-state index in [1.165, 1.54) is 23.1 Å². The molecule has 0 saturated carbocycles. The number of hydrogen-bond donors (Lipinski definition) is 2. The number of piperidine rings is 1. The number of halogens is 2. The number of aromatic nitrogens is 1. The van der Waals surface area contributed by atoms with Crippen molar-refractivity contribution in [3.05, 3.63) is 34.7 Å². The van der Waals surface area contributed by atoms with Gasteiger partial charge in [-0.2, -0.15) is 0 Å². The molecule has 1 saturated heterocycles. The second-order valence-corrected chi connectivity index (χ2v) is 5.73. The predicted molar refractivity (Wildman–Crippen MR) is 79.6 cm³/mol. The maximum atomic E-state index is 13.3. The minimum Gasteiger partial charge on any atom is -0.480 e. The highest BCUT2D eigenvalue weighted by Gasteiger charge is 2.34. The van der Waals surface area contributed by atoms with Crippen LogP contribution in [0.2, 0.25) is 5.02 Å². The van der Waals surface area contributed by atoms with E-state index in [1.807, 2.05) is 0 Å². The molecule has 1 aromatic carbocycles. The number of amides is 1. The van der Waals surface area contributed by atoms with Crippen molar-refractivity contribution in [1.82, 2.24) is 9.88 Å². The van der Waals surface area contributed by atoms with Crippen molar-refractivity contribution in [1.29, 1.82) is 0 Å². The minimum atomic E-state index is -1.02. The van der Waals surface area contributed by atoms with Crippen LogP contribution >= 0.6 is 11.6 Å². The van der Waals surface area contributed by atoms with Gasteiger partial charge in [-0.05, 0) is 37.5 Å². The van der Waals surface area contributed by atoms with E-state index >= 15 is 0 Å². The molecule has 1 aliphatic rings. The standard InChI is InChI=1S/C15H14ClFN2O3/c16-12-9-7-8(17)4-5-10(9)18-13(12)14(20)19-6-2-1-3-11(19)15(21)22/h4-5,7,11,18H,1-3,6H2,(H,21,22). The van der Waals surface area contributed by atoms with Crippen LogP contribution in [0, 0.1) is 5.82 Å². The quantitative estimate of drug-likeness (QED) is 0.891. The molecule has 0 spiro atoms. The van der Waals surface area contributed by atoms with Crippen molar-refractivity contribution >= 4 is 34.4 Å². The first-order valence-electron chi connectivity index (χ1n) is 6.99. The van der Waals surface area contributed by atoms with Crippen LogP contribution < -0.4 is 0 Å². The van der Waals surface area contributed by atoms with Gasteiger partial charge in [-0.1, -0.05) is 11.6 Å². The van der Waals surface area contributed by atoms with Gasteiger partial charge in [0.15, 0.2) is 0 Å². The number of carbonyl (C=O) groups is 2. The first kappa shape index (κ1) is 14.8. The van der Waals surface area contributed by atoms with Crippen LogP contribution in [-0.2, 0) is 4.79 Å². The van der Waals surface area contributed by atoms with E-state index in [-0.39, 0.29) is 10.7 Å². The summed E-state index contributed by atoms with van der Waals surface area (Å²) in [4.78, 5) is 28.1. The van der Waals surface area contributed by atoms with Crippen molar-refractivity contribution < 1.29 is 19.1 Å². The molecule has 2 heterocycles. The molecule has 22 heavy (non-hydrogen) atoms. The summed E-state index contributed by atoms with van der Waals surface area (Å²) in [7, 11) is 0. The summed E-state index contributed by atoms with van der Waals surface area (Å²) in [6, 6.07) is 3.17. The first-order valence-corrected chi connectivity index (χ1v) is 7.37. The summed E-state index contributed by atoms with van der Waals surface area (Å²) in [5.74, 6) is -1.94. The van der Waals surface area contributed by atoms with Crippen LogP contribution in [0.4, 0.5) is 4.39 Å². The van der Waals surface area contributed by atoms with Crippen molar-refractivity contribution in [2.45, 2.75) is 25.3 Å². The Morgan fingerprint density at radius 3 is 2.86 bits per heavy atom. The highest BCUT2D eigenvalue weighted by Crippen LogP contribution is 2.30. The number of rotatable bonds is 2. The van der Waals surface area contributed by atoms with E-state index in [9.17, 15) is 19.1 Å². The second kappa shape index (κ2) is 5.61. The maximum absolute atomic E-state index is 13.3. The van der Waals surface area contributed by atoms with Crippen LogP contribution in [0.15, 0.2) is 18.2 Å². The van der Waals surface area contributed by atoms with E-state index in [2.05, 4.69) is 4.98 Å². The van der Waals surface area contributed by atoms with E-state index in [1.54, 1.807) is 0 Å². The minimum absolute atomic E-state index is 0.107. The van der Waals surface area contributed by atoms with E-state index in [0.29, 0.717) is 23.9 Å². The lowest BCUT2D eigenvalue weighted by molar-refractivity contribution is -0.143. The number of likely N-dealkylation sites (tertiary alicyclic amines) is 1. The first-order chi connectivity index (χ1) is 10.5. The summed E-state index contributed by atoms with van der Waals surface area (Å²) < 4.78 is 13.3. The van der Waals surface area contributed by atoms with Gasteiger partial charge in [0.2, 0.25) is 0 Å². The van der Waals surface area contributed by atoms with Crippen LogP contribution in [0.25, 0.3) is 10.9 Å². The maximum Gasteiger partial charge on any atom is 0.326 e. The fourth-order valence-electron chi connectivity index (χ4n) is 2.85. The average molecular weight is 325 g/mol. The van der Waals surface area contributed by atoms with Crippen LogP contribution in [0.5, 0.6) is 0 Å². The number of carboxylic acid groups (broad SMARTS) is 1. The zero-order valence-electron chi connectivity index (χ0n) is 11.6. The van der Waals surface area contributed by atoms with E-state index < -0.39 is 23.7 Å². The molecular formula is C15H14ClFN2O3. The Bertz CT molecular complexity index is 759. The number of aliphatic carboxylic acids is 1. The summed E-state index contributed by atoms with van der Waals surface area (Å²) in [5.41, 5.74) is 0.647. The monoisotopic (exact) mass is 324 g/mol. The summed E-state index contributed by atoms with van der Waals surface area (Å²) in [6.45, 7) is 0.371. The zero-order valence-corrected chi connectivity index (χ0v) is 12.4. The molecule has 2 N–H and O–H groups in total. The second-order valence-electron chi connectivity index (χ2n) is 5.35. The van der Waals surface area contributed by atoms with Crippen molar-refractivity contribution in [3.8, 4) is 0 Å². The SMILES string of the molecule is O=C(O)C1CCCCN1C(=O)c1[nH]c2ccc(F)cc2c1Cl. The lowest BCUT2D eigenvalue weighted by atomic mass is 10.0. The third-order valence-electron chi connectivity index (χ3n) is 3.96. The van der Waals surface area contributed by atoms with Crippen LogP contribution in [0.3, 0.4) is 0 Å². The Morgan fingerprint density at radius 1 is 1.36 bits per heavy atom. The summed E-state index contributed by atoms with van der Waals surface area (Å²) >= 11 is 6.18. The predicted octanol–water partition coefficient (Wildman–Crippen LogP) is 3.04. The average Bonchev–Trinajstić information content (AvgIpc) is 2.83. The van der Waals surface area contributed by atoms with Gasteiger partial charge in [-0.15, -0.1) is 0 Å². The third-order valence-corrected chi connectivity index (χ3v) is 4.35. The summed E-state index contributed by atoms with van der Waals surface area (Å²) in [5, 5.41) is 9.79. The lowest BCUT2D eigenvalue weighted by Crippen LogP contribution is -2.48. The number of nitrogens with zero attached hydrogens (tertiary/aromatic N) is 1. The molecule has 1 aliphatic heterocycles. The lowest BCUT2D eigenvalue weighted by Gasteiger charge is -2.32. The number of aromatic amines is 1. The van der Waals surface area contributed by atoms with Gasteiger partial charge in [-0.3, -0.25) is 4.79 Å². The van der Waals surface area contributed by atoms with Gasteiger partial charge < -0.3 is 15.0 Å². The molecule has 0 radical (unpaired) electrons. The van der Waals surface area contributed by atoms with E-state index in [4.69, 9.17) is 11.6 Å². The summed E-state index contributed by atoms with van der Waals surface area (Å²) in [6.07, 6.45) is 1.95. The number of carboxylic acids is 1. The molecule has 1 unspecified atom stereocenters. The van der Waals surface area contributed by atoms with Crippen LogP contribution in [-0.4, -0.2) is 39.5 Å². The molecule has 116 valence electrons. The number of fused-ring (bicyclic) bond motifs is 1. The molecular weight excluding hydrogens is 311 g/mol. The molecule has 1 atom stereocenters. The number of carbonyl (C=O) groups excluding carboxylic acids is 1. The zero-order chi connectivity index (χ0) is 15.9. The third kappa shape index (κ3) is 2.43. The van der Waals surface area contributed by atoms with Gasteiger partial charge in [0.1, 0.15) is 17.6 Å². The molecule has 1 amide bonds. The van der Waals surface area contributed by atoms with Gasteiger partial charge in [0, 0.05) is 17.4 Å². The fraction of sp³-hybridized carbons (Fsp3) is 0.333. The molecule has 1 aromatic heterocycles.